The van der Waals surface area contributed by atoms with Crippen molar-refractivity contribution < 1.29 is 19.6 Å². The number of nitrogens with zero attached hydrogens (tertiary/aromatic N) is 1. The van der Waals surface area contributed by atoms with Crippen LogP contribution >= 0.6 is 0 Å². The topological polar surface area (TPSA) is 136 Å². The summed E-state index contributed by atoms with van der Waals surface area (Å²) in [6.45, 7) is 3.63. The van der Waals surface area contributed by atoms with Crippen molar-refractivity contribution in [3.05, 3.63) is 33.9 Å². The maximum absolute atomic E-state index is 11.4. The number of non-ortho nitro benzene ring substituents is 1. The first-order valence-electron chi connectivity index (χ1n) is 6.29. The van der Waals surface area contributed by atoms with Crippen LogP contribution in [0.15, 0.2) is 18.2 Å². The number of aliphatic carboxylic acids is 1. The van der Waals surface area contributed by atoms with Crippen molar-refractivity contribution in [3.8, 4) is 0 Å². The van der Waals surface area contributed by atoms with Gasteiger partial charge in [0, 0.05) is 24.4 Å². The Labute approximate surface area is 121 Å². The molecule has 0 saturated heterocycles. The smallest absolute Gasteiger partial charge is 0.308 e. The van der Waals surface area contributed by atoms with Crippen LogP contribution in [0.1, 0.15) is 24.2 Å². The third kappa shape index (κ3) is 4.16. The zero-order chi connectivity index (χ0) is 16.2. The average molecular weight is 295 g/mol. The molecular formula is C13H17N3O5. The molecule has 114 valence electrons. The number of benzene rings is 1. The second kappa shape index (κ2) is 6.69. The Bertz CT molecular complexity index is 571. The maximum Gasteiger partial charge on any atom is 0.308 e. The van der Waals surface area contributed by atoms with Crippen molar-refractivity contribution in [1.29, 1.82) is 0 Å². The Morgan fingerprint density at radius 2 is 2.05 bits per heavy atom. The van der Waals surface area contributed by atoms with Gasteiger partial charge in [-0.15, -0.1) is 0 Å². The molecule has 0 fully saturated rings. The van der Waals surface area contributed by atoms with Gasteiger partial charge in [-0.2, -0.15) is 0 Å². The van der Waals surface area contributed by atoms with Gasteiger partial charge < -0.3 is 16.2 Å². The fraction of sp³-hybridized carbons (Fsp3) is 0.385. The minimum Gasteiger partial charge on any atom is -0.481 e. The van der Waals surface area contributed by atoms with Gasteiger partial charge in [-0.1, -0.05) is 13.8 Å². The predicted octanol–water partition coefficient (Wildman–Crippen LogP) is 1.46. The number of nitrogens with two attached hydrogens (primary N) is 1. The van der Waals surface area contributed by atoms with Crippen LogP contribution in [0.4, 0.5) is 11.4 Å². The molecule has 1 aromatic carbocycles. The molecule has 1 amide bonds. The summed E-state index contributed by atoms with van der Waals surface area (Å²) < 4.78 is 0. The number of rotatable bonds is 7. The Balaban J connectivity index is 3.00. The van der Waals surface area contributed by atoms with E-state index in [1.165, 1.54) is 12.1 Å². The van der Waals surface area contributed by atoms with E-state index in [0.717, 1.165) is 6.07 Å². The fourth-order valence-corrected chi connectivity index (χ4v) is 1.83. The molecule has 4 N–H and O–H groups in total. The number of nitrogens with one attached hydrogen (secondary N) is 1. The van der Waals surface area contributed by atoms with Gasteiger partial charge in [0.1, 0.15) is 0 Å². The molecule has 1 atom stereocenters. The monoisotopic (exact) mass is 295 g/mol. The number of carbonyl (C=O) groups is 2. The van der Waals surface area contributed by atoms with E-state index < -0.39 is 22.7 Å². The molecule has 0 aromatic heterocycles. The molecule has 0 radical (unpaired) electrons. The molecule has 0 aliphatic heterocycles. The molecule has 8 heteroatoms. The summed E-state index contributed by atoms with van der Waals surface area (Å²) in [5.74, 6) is -2.54. The molecule has 1 aromatic rings. The average Bonchev–Trinajstić information content (AvgIpc) is 2.37. The summed E-state index contributed by atoms with van der Waals surface area (Å²) >= 11 is 0. The third-order valence-electron chi connectivity index (χ3n) is 3.11. The largest absolute Gasteiger partial charge is 0.481 e. The quantitative estimate of drug-likeness (QED) is 0.514. The number of carboxylic acid groups (broad SMARTS) is 1. The van der Waals surface area contributed by atoms with Crippen molar-refractivity contribution in [2.75, 3.05) is 11.9 Å². The number of hydrogen-bond donors (Lipinski definition) is 3. The van der Waals surface area contributed by atoms with Crippen molar-refractivity contribution in [3.63, 3.8) is 0 Å². The number of carbonyl (C=O) groups excluding carboxylic acids is 1. The summed E-state index contributed by atoms with van der Waals surface area (Å²) in [6.07, 6.45) is 0. The van der Waals surface area contributed by atoms with Crippen molar-refractivity contribution in [2.45, 2.75) is 13.8 Å². The number of carboxylic acids is 1. The van der Waals surface area contributed by atoms with E-state index in [9.17, 15) is 19.7 Å². The molecule has 8 nitrogen and oxygen atoms in total. The highest BCUT2D eigenvalue weighted by Crippen LogP contribution is 2.23. The van der Waals surface area contributed by atoms with Gasteiger partial charge in [0.15, 0.2) is 0 Å². The molecule has 0 aliphatic carbocycles. The van der Waals surface area contributed by atoms with Crippen molar-refractivity contribution in [1.82, 2.24) is 0 Å². The van der Waals surface area contributed by atoms with E-state index in [0.29, 0.717) is 0 Å². The molecule has 0 aliphatic rings. The van der Waals surface area contributed by atoms with Crippen LogP contribution in [0.25, 0.3) is 0 Å². The van der Waals surface area contributed by atoms with E-state index in [2.05, 4.69) is 5.32 Å². The van der Waals surface area contributed by atoms with Gasteiger partial charge in [0.05, 0.1) is 16.4 Å². The standard InChI is InChI=1S/C13H17N3O5/c1-7(2)10(13(18)19)6-15-11-4-3-8(16(20)21)5-9(11)12(14)17/h3-5,7,10,15H,6H2,1-2H3,(H2,14,17)(H,18,19). The zero-order valence-corrected chi connectivity index (χ0v) is 11.7. The summed E-state index contributed by atoms with van der Waals surface area (Å²) in [7, 11) is 0. The molecule has 0 saturated carbocycles. The summed E-state index contributed by atoms with van der Waals surface area (Å²) in [5, 5.41) is 22.6. The van der Waals surface area contributed by atoms with Gasteiger partial charge in [0.25, 0.3) is 11.6 Å². The lowest BCUT2D eigenvalue weighted by atomic mass is 9.96. The van der Waals surface area contributed by atoms with Crippen LogP contribution in [0.3, 0.4) is 0 Å². The second-order valence-electron chi connectivity index (χ2n) is 4.92. The van der Waals surface area contributed by atoms with E-state index in [1.54, 1.807) is 13.8 Å². The Hall–Kier alpha value is -2.64. The number of nitro benzene ring substituents is 1. The van der Waals surface area contributed by atoms with Crippen LogP contribution in [-0.4, -0.2) is 28.5 Å². The lowest BCUT2D eigenvalue weighted by Crippen LogP contribution is -2.28. The van der Waals surface area contributed by atoms with Gasteiger partial charge in [-0.25, -0.2) is 0 Å². The molecule has 0 spiro atoms. The first-order valence-corrected chi connectivity index (χ1v) is 6.29. The summed E-state index contributed by atoms with van der Waals surface area (Å²) in [4.78, 5) is 32.5. The van der Waals surface area contributed by atoms with E-state index in [4.69, 9.17) is 10.8 Å². The van der Waals surface area contributed by atoms with Gasteiger partial charge in [-0.05, 0) is 12.0 Å². The molecule has 1 rings (SSSR count). The lowest BCUT2D eigenvalue weighted by Gasteiger charge is -2.18. The summed E-state index contributed by atoms with van der Waals surface area (Å²) in [5.41, 5.74) is 5.17. The minimum absolute atomic E-state index is 0.0444. The molecule has 0 heterocycles. The number of primary amides is 1. The van der Waals surface area contributed by atoms with E-state index >= 15 is 0 Å². The molecule has 1 unspecified atom stereocenters. The second-order valence-corrected chi connectivity index (χ2v) is 4.92. The van der Waals surface area contributed by atoms with Crippen LogP contribution in [0, 0.1) is 22.0 Å². The van der Waals surface area contributed by atoms with E-state index in [1.807, 2.05) is 0 Å². The number of amides is 1. The first-order chi connectivity index (χ1) is 9.73. The lowest BCUT2D eigenvalue weighted by molar-refractivity contribution is -0.384. The highest BCUT2D eigenvalue weighted by molar-refractivity contribution is 5.99. The van der Waals surface area contributed by atoms with Crippen LogP contribution in [0.2, 0.25) is 0 Å². The zero-order valence-electron chi connectivity index (χ0n) is 11.7. The molecule has 0 bridgehead atoms. The number of anilines is 1. The minimum atomic E-state index is -0.958. The number of hydrogen-bond acceptors (Lipinski definition) is 5. The SMILES string of the molecule is CC(C)C(CNc1ccc([N+](=O)[O-])cc1C(N)=O)C(=O)O. The predicted molar refractivity (Wildman–Crippen MR) is 76.1 cm³/mol. The third-order valence-corrected chi connectivity index (χ3v) is 3.11. The van der Waals surface area contributed by atoms with Crippen LogP contribution < -0.4 is 11.1 Å². The van der Waals surface area contributed by atoms with Crippen LogP contribution in [0.5, 0.6) is 0 Å². The summed E-state index contributed by atoms with van der Waals surface area (Å²) in [6, 6.07) is 3.63. The normalized spacial score (nSPS) is 12.0. The van der Waals surface area contributed by atoms with E-state index in [-0.39, 0.29) is 29.4 Å². The first kappa shape index (κ1) is 16.4. The van der Waals surface area contributed by atoms with Gasteiger partial charge in [0.2, 0.25) is 0 Å². The Morgan fingerprint density at radius 1 is 1.43 bits per heavy atom. The molecular weight excluding hydrogens is 278 g/mol. The van der Waals surface area contributed by atoms with Gasteiger partial charge in [-0.3, -0.25) is 19.7 Å². The number of nitro groups is 1. The van der Waals surface area contributed by atoms with Crippen molar-refractivity contribution in [2.24, 2.45) is 17.6 Å². The highest BCUT2D eigenvalue weighted by atomic mass is 16.6. The Kier molecular flexibility index (Phi) is 5.23. The van der Waals surface area contributed by atoms with Crippen LogP contribution in [-0.2, 0) is 4.79 Å². The van der Waals surface area contributed by atoms with Gasteiger partial charge >= 0.3 is 5.97 Å². The maximum atomic E-state index is 11.4. The Morgan fingerprint density at radius 3 is 2.48 bits per heavy atom. The van der Waals surface area contributed by atoms with Crippen molar-refractivity contribution >= 4 is 23.3 Å². The fourth-order valence-electron chi connectivity index (χ4n) is 1.83. The highest BCUT2D eigenvalue weighted by Gasteiger charge is 2.22. The molecule has 21 heavy (non-hydrogen) atoms.